The van der Waals surface area contributed by atoms with Crippen molar-refractivity contribution in [1.82, 2.24) is 14.5 Å². The first-order valence-corrected chi connectivity index (χ1v) is 14.5. The van der Waals surface area contributed by atoms with Crippen LogP contribution in [0.15, 0.2) is 127 Å². The van der Waals surface area contributed by atoms with E-state index >= 15 is 0 Å². The van der Waals surface area contributed by atoms with Crippen molar-refractivity contribution in [2.75, 3.05) is 0 Å². The number of fused-ring (bicyclic) bond motifs is 10. The number of para-hydroxylation sites is 2. The molecule has 0 saturated heterocycles. The van der Waals surface area contributed by atoms with Crippen molar-refractivity contribution < 1.29 is 0 Å². The Kier molecular flexibility index (Phi) is 4.67. The maximum Gasteiger partial charge on any atom is 0.235 e. The lowest BCUT2D eigenvalue weighted by Gasteiger charge is -2.21. The van der Waals surface area contributed by atoms with E-state index in [-0.39, 0.29) is 5.41 Å². The van der Waals surface area contributed by atoms with Crippen LogP contribution in [-0.4, -0.2) is 14.5 Å². The molecule has 3 heteroatoms. The van der Waals surface area contributed by atoms with Gasteiger partial charge in [-0.2, -0.15) is 0 Å². The van der Waals surface area contributed by atoms with Crippen LogP contribution in [-0.2, 0) is 5.41 Å². The first-order chi connectivity index (χ1) is 20.6. The Morgan fingerprint density at radius 2 is 1.19 bits per heavy atom. The quantitative estimate of drug-likeness (QED) is 0.220. The minimum absolute atomic E-state index is 0.0478. The summed E-state index contributed by atoms with van der Waals surface area (Å²) in [4.78, 5) is 10.5. The zero-order chi connectivity index (χ0) is 28.0. The number of benzene rings is 6. The molecule has 0 atom stereocenters. The summed E-state index contributed by atoms with van der Waals surface area (Å²) >= 11 is 0. The molecule has 0 unspecified atom stereocenters. The SMILES string of the molecule is CC1(C)c2ccccc2-c2c1ccc1c2ccc2c3ccccc3n(-c3nc(-c4ccccc4)c4ccccc4n3)c12. The molecule has 3 nitrogen and oxygen atoms in total. The van der Waals surface area contributed by atoms with Crippen LogP contribution in [0.25, 0.3) is 71.8 Å². The molecule has 0 saturated carbocycles. The zero-order valence-electron chi connectivity index (χ0n) is 23.5. The number of nitrogens with zero attached hydrogens (tertiary/aromatic N) is 3. The predicted octanol–water partition coefficient (Wildman–Crippen LogP) is 9.85. The fourth-order valence-corrected chi connectivity index (χ4v) is 7.26. The normalized spacial score (nSPS) is 13.7. The van der Waals surface area contributed by atoms with Crippen molar-refractivity contribution >= 4 is 43.5 Å². The third-order valence-electron chi connectivity index (χ3n) is 9.21. The molecule has 1 aliphatic rings. The first-order valence-electron chi connectivity index (χ1n) is 14.5. The van der Waals surface area contributed by atoms with Crippen LogP contribution in [0.4, 0.5) is 0 Å². The number of hydrogen-bond acceptors (Lipinski definition) is 2. The number of rotatable bonds is 2. The van der Waals surface area contributed by atoms with Gasteiger partial charge in [0, 0.05) is 32.5 Å². The molecule has 2 heterocycles. The van der Waals surface area contributed by atoms with E-state index in [1.807, 2.05) is 6.07 Å². The Morgan fingerprint density at radius 1 is 0.524 bits per heavy atom. The minimum Gasteiger partial charge on any atom is -0.277 e. The second-order valence-electron chi connectivity index (χ2n) is 11.8. The van der Waals surface area contributed by atoms with Gasteiger partial charge in [0.1, 0.15) is 0 Å². The maximum atomic E-state index is 5.30. The van der Waals surface area contributed by atoms with Crippen LogP contribution in [0.5, 0.6) is 0 Å². The van der Waals surface area contributed by atoms with Gasteiger partial charge in [0.05, 0.1) is 22.2 Å². The Hall–Kier alpha value is -5.28. The van der Waals surface area contributed by atoms with E-state index in [1.54, 1.807) is 0 Å². The molecular weight excluding hydrogens is 510 g/mol. The second kappa shape index (κ2) is 8.37. The molecule has 0 spiro atoms. The molecule has 0 amide bonds. The Balaban J connectivity index is 1.44. The molecule has 8 aromatic rings. The first kappa shape index (κ1) is 23.4. The topological polar surface area (TPSA) is 30.7 Å². The largest absolute Gasteiger partial charge is 0.277 e. The van der Waals surface area contributed by atoms with Gasteiger partial charge in [0.25, 0.3) is 0 Å². The van der Waals surface area contributed by atoms with Gasteiger partial charge in [-0.25, -0.2) is 9.97 Å². The van der Waals surface area contributed by atoms with Gasteiger partial charge in [-0.1, -0.05) is 129 Å². The van der Waals surface area contributed by atoms with Crippen LogP contribution in [0.1, 0.15) is 25.0 Å². The van der Waals surface area contributed by atoms with Crippen LogP contribution < -0.4 is 0 Å². The average Bonchev–Trinajstić information content (AvgIpc) is 3.50. The molecule has 9 rings (SSSR count). The molecule has 42 heavy (non-hydrogen) atoms. The van der Waals surface area contributed by atoms with Gasteiger partial charge in [0.2, 0.25) is 5.95 Å². The van der Waals surface area contributed by atoms with Crippen LogP contribution in [0.2, 0.25) is 0 Å². The second-order valence-corrected chi connectivity index (χ2v) is 11.8. The molecule has 198 valence electrons. The number of aromatic nitrogens is 3. The average molecular weight is 538 g/mol. The predicted molar refractivity (Wildman–Crippen MR) is 174 cm³/mol. The highest BCUT2D eigenvalue weighted by molar-refractivity contribution is 6.21. The zero-order valence-corrected chi connectivity index (χ0v) is 23.5. The highest BCUT2D eigenvalue weighted by Gasteiger charge is 2.36. The Morgan fingerprint density at radius 3 is 2.07 bits per heavy atom. The molecule has 6 aromatic carbocycles. The van der Waals surface area contributed by atoms with E-state index in [9.17, 15) is 0 Å². The van der Waals surface area contributed by atoms with Gasteiger partial charge in [-0.3, -0.25) is 4.57 Å². The van der Waals surface area contributed by atoms with E-state index in [2.05, 4.69) is 140 Å². The third kappa shape index (κ3) is 3.05. The Labute approximate surface area is 243 Å². The summed E-state index contributed by atoms with van der Waals surface area (Å²) in [5.41, 5.74) is 10.6. The lowest BCUT2D eigenvalue weighted by Crippen LogP contribution is -2.14. The smallest absolute Gasteiger partial charge is 0.235 e. The maximum absolute atomic E-state index is 5.30. The van der Waals surface area contributed by atoms with Gasteiger partial charge in [-0.15, -0.1) is 0 Å². The van der Waals surface area contributed by atoms with Crippen molar-refractivity contribution in [2.45, 2.75) is 19.3 Å². The van der Waals surface area contributed by atoms with E-state index in [1.165, 1.54) is 43.8 Å². The molecule has 1 aliphatic carbocycles. The summed E-state index contributed by atoms with van der Waals surface area (Å²) in [5, 5.41) is 5.95. The summed E-state index contributed by atoms with van der Waals surface area (Å²) < 4.78 is 2.28. The summed E-state index contributed by atoms with van der Waals surface area (Å²) in [6.45, 7) is 4.68. The van der Waals surface area contributed by atoms with E-state index < -0.39 is 0 Å². The number of hydrogen-bond donors (Lipinski definition) is 0. The van der Waals surface area contributed by atoms with Gasteiger partial charge >= 0.3 is 0 Å². The van der Waals surface area contributed by atoms with Crippen LogP contribution in [0, 0.1) is 0 Å². The van der Waals surface area contributed by atoms with Gasteiger partial charge in [0.15, 0.2) is 0 Å². The summed E-state index contributed by atoms with van der Waals surface area (Å²) in [5.74, 6) is 0.687. The van der Waals surface area contributed by atoms with E-state index in [4.69, 9.17) is 9.97 Å². The lowest BCUT2D eigenvalue weighted by molar-refractivity contribution is 0.661. The molecule has 2 aromatic heterocycles. The van der Waals surface area contributed by atoms with Gasteiger partial charge < -0.3 is 0 Å². The molecule has 0 radical (unpaired) electrons. The highest BCUT2D eigenvalue weighted by atomic mass is 15.2. The minimum atomic E-state index is -0.0478. The molecule has 0 N–H and O–H groups in total. The molecule has 0 bridgehead atoms. The summed E-state index contributed by atoms with van der Waals surface area (Å²) in [6, 6.07) is 45.5. The van der Waals surface area contributed by atoms with Crippen molar-refractivity contribution in [3.05, 3.63) is 139 Å². The lowest BCUT2D eigenvalue weighted by atomic mass is 9.82. The molecule has 0 fully saturated rings. The van der Waals surface area contributed by atoms with E-state index in [0.717, 1.165) is 33.2 Å². The van der Waals surface area contributed by atoms with E-state index in [0.29, 0.717) is 5.95 Å². The van der Waals surface area contributed by atoms with Crippen molar-refractivity contribution in [2.24, 2.45) is 0 Å². The standard InChI is InChI=1S/C39H27N3/c1-39(2)31-17-9-6-15-29(31)35-26-20-21-27-25-14-8-11-19-34(25)42(37(27)28(26)22-23-32(35)39)38-40-33-18-10-7-16-30(33)36(41-38)24-12-4-3-5-13-24/h3-23H,1-2H3. The molecule has 0 aliphatic heterocycles. The van der Waals surface area contributed by atoms with Crippen LogP contribution in [0.3, 0.4) is 0 Å². The summed E-state index contributed by atoms with van der Waals surface area (Å²) in [7, 11) is 0. The fraction of sp³-hybridized carbons (Fsp3) is 0.0769. The monoisotopic (exact) mass is 537 g/mol. The van der Waals surface area contributed by atoms with Crippen molar-refractivity contribution in [3.63, 3.8) is 0 Å². The fourth-order valence-electron chi connectivity index (χ4n) is 7.26. The van der Waals surface area contributed by atoms with Crippen LogP contribution >= 0.6 is 0 Å². The van der Waals surface area contributed by atoms with Crippen molar-refractivity contribution in [3.8, 4) is 28.3 Å². The van der Waals surface area contributed by atoms with Crippen molar-refractivity contribution in [1.29, 1.82) is 0 Å². The van der Waals surface area contributed by atoms with Gasteiger partial charge in [-0.05, 0) is 39.8 Å². The Bertz CT molecular complexity index is 2380. The molecular formula is C39H27N3. The third-order valence-corrected chi connectivity index (χ3v) is 9.21. The summed E-state index contributed by atoms with van der Waals surface area (Å²) in [6.07, 6.45) is 0. The highest BCUT2D eigenvalue weighted by Crippen LogP contribution is 2.52.